The largest absolute Gasteiger partial charge is 0.455 e. The minimum absolute atomic E-state index is 0.330. The molecule has 0 spiro atoms. The highest BCUT2D eigenvalue weighted by atomic mass is 19.4. The van der Waals surface area contributed by atoms with Crippen LogP contribution in [-0.4, -0.2) is 60.7 Å². The van der Waals surface area contributed by atoms with Crippen molar-refractivity contribution in [3.05, 3.63) is 5.53 Å². The Kier molecular flexibility index (Phi) is 8.74. The zero-order chi connectivity index (χ0) is 18.0. The van der Waals surface area contributed by atoms with Crippen molar-refractivity contribution in [1.82, 2.24) is 5.32 Å². The van der Waals surface area contributed by atoms with Gasteiger partial charge < -0.3 is 20.3 Å². The molecule has 2 atom stereocenters. The first-order chi connectivity index (χ1) is 10.6. The first-order valence-corrected chi connectivity index (χ1v) is 6.37. The first-order valence-electron chi connectivity index (χ1n) is 6.37. The highest BCUT2D eigenvalue weighted by Gasteiger charge is 2.32. The summed E-state index contributed by atoms with van der Waals surface area (Å²) >= 11 is 0. The minimum atomic E-state index is -4.72. The second-order valence-corrected chi connectivity index (χ2v) is 4.41. The molecule has 0 fully saturated rings. The second-order valence-electron chi connectivity index (χ2n) is 4.41. The lowest BCUT2D eigenvalue weighted by Gasteiger charge is -2.19. The third kappa shape index (κ3) is 9.38. The maximum Gasteiger partial charge on any atom is 0.422 e. The van der Waals surface area contributed by atoms with Crippen LogP contribution in [0, 0.1) is 0 Å². The van der Waals surface area contributed by atoms with Crippen LogP contribution in [0.2, 0.25) is 0 Å². The van der Waals surface area contributed by atoms with E-state index in [0.29, 0.717) is 6.21 Å². The van der Waals surface area contributed by atoms with Crippen molar-refractivity contribution < 1.29 is 41.8 Å². The van der Waals surface area contributed by atoms with Gasteiger partial charge in [-0.05, 0) is 13.3 Å². The number of nitrogens with zero attached hydrogens (tertiary/aromatic N) is 2. The van der Waals surface area contributed by atoms with Crippen LogP contribution in [0.1, 0.15) is 19.8 Å². The summed E-state index contributed by atoms with van der Waals surface area (Å²) < 4.78 is 44.9. The number of Topliss-reactive ketones (excluding diaryl/α,β-unsaturated/α-hetero) is 1. The van der Waals surface area contributed by atoms with E-state index in [-0.39, 0.29) is 12.8 Å². The van der Waals surface area contributed by atoms with E-state index in [0.717, 1.165) is 0 Å². The summed E-state index contributed by atoms with van der Waals surface area (Å²) in [7, 11) is 1.22. The molecule has 23 heavy (non-hydrogen) atoms. The number of carbonyl (C=O) groups is 3. The molecule has 0 saturated heterocycles. The molecule has 0 aromatic heterocycles. The Bertz CT molecular complexity index is 489. The summed E-state index contributed by atoms with van der Waals surface area (Å²) in [6.07, 6.45) is -5.79. The van der Waals surface area contributed by atoms with Crippen LogP contribution in [-0.2, 0) is 23.9 Å². The molecule has 130 valence electrons. The van der Waals surface area contributed by atoms with Gasteiger partial charge in [0.1, 0.15) is 12.1 Å². The monoisotopic (exact) mass is 339 g/mol. The minimum Gasteiger partial charge on any atom is -0.455 e. The number of rotatable bonds is 9. The van der Waals surface area contributed by atoms with Gasteiger partial charge in [-0.1, -0.05) is 0 Å². The van der Waals surface area contributed by atoms with Crippen LogP contribution >= 0.6 is 0 Å². The second kappa shape index (κ2) is 9.70. The number of esters is 1. The predicted octanol–water partition coefficient (Wildman–Crippen LogP) is 0.261. The highest BCUT2D eigenvalue weighted by Crippen LogP contribution is 2.15. The maximum atomic E-state index is 12.1. The Morgan fingerprint density at radius 3 is 2.43 bits per heavy atom. The molecule has 0 saturated carbocycles. The van der Waals surface area contributed by atoms with Crippen LogP contribution in [0.15, 0.2) is 0 Å². The van der Waals surface area contributed by atoms with Crippen molar-refractivity contribution in [1.29, 1.82) is 0 Å². The van der Waals surface area contributed by atoms with E-state index in [1.807, 2.05) is 0 Å². The zero-order valence-corrected chi connectivity index (χ0v) is 12.4. The van der Waals surface area contributed by atoms with E-state index in [2.05, 4.69) is 14.8 Å². The zero-order valence-electron chi connectivity index (χ0n) is 12.4. The first kappa shape index (κ1) is 20.7. The smallest absolute Gasteiger partial charge is 0.422 e. The third-order valence-electron chi connectivity index (χ3n) is 2.58. The summed E-state index contributed by atoms with van der Waals surface area (Å²) in [4.78, 5) is 36.9. The maximum absolute atomic E-state index is 12.1. The Morgan fingerprint density at radius 2 is 1.96 bits per heavy atom. The summed E-state index contributed by atoms with van der Waals surface area (Å²) in [5.74, 6) is -2.78. The number of amides is 1. The highest BCUT2D eigenvalue weighted by molar-refractivity contribution is 6.25. The summed E-state index contributed by atoms with van der Waals surface area (Å²) in [6, 6.07) is -1.47. The van der Waals surface area contributed by atoms with E-state index in [9.17, 15) is 27.6 Å². The summed E-state index contributed by atoms with van der Waals surface area (Å²) in [5, 5.41) is 2.14. The number of hydrogen-bond donors (Lipinski definition) is 1. The Labute approximate surface area is 129 Å². The molecule has 8 nitrogen and oxygen atoms in total. The van der Waals surface area contributed by atoms with Crippen molar-refractivity contribution in [3.8, 4) is 0 Å². The van der Waals surface area contributed by atoms with Gasteiger partial charge in [0.2, 0.25) is 11.7 Å². The van der Waals surface area contributed by atoms with Gasteiger partial charge >= 0.3 is 18.4 Å². The van der Waals surface area contributed by atoms with E-state index < -0.39 is 42.6 Å². The van der Waals surface area contributed by atoms with Crippen LogP contribution in [0.3, 0.4) is 0 Å². The van der Waals surface area contributed by atoms with E-state index in [4.69, 9.17) is 10.3 Å². The van der Waals surface area contributed by atoms with Crippen molar-refractivity contribution in [3.63, 3.8) is 0 Å². The normalized spacial score (nSPS) is 13.4. The van der Waals surface area contributed by atoms with Crippen molar-refractivity contribution in [2.75, 3.05) is 13.7 Å². The number of methoxy groups -OCH3 is 1. The van der Waals surface area contributed by atoms with Crippen LogP contribution in [0.4, 0.5) is 13.2 Å². The van der Waals surface area contributed by atoms with Gasteiger partial charge in [0, 0.05) is 13.5 Å². The van der Waals surface area contributed by atoms with Crippen molar-refractivity contribution in [2.45, 2.75) is 38.1 Å². The van der Waals surface area contributed by atoms with Gasteiger partial charge in [-0.15, -0.1) is 0 Å². The molecule has 0 aromatic rings. The van der Waals surface area contributed by atoms with Gasteiger partial charge in [0.05, 0.1) is 0 Å². The fourth-order valence-electron chi connectivity index (χ4n) is 1.31. The number of ketones is 1. The number of hydrogen-bond acceptors (Lipinski definition) is 5. The molecule has 0 unspecified atom stereocenters. The van der Waals surface area contributed by atoms with Crippen LogP contribution < -0.4 is 5.32 Å². The number of ether oxygens (including phenoxy) is 2. The molecule has 0 bridgehead atoms. The van der Waals surface area contributed by atoms with Gasteiger partial charge in [-0.2, -0.15) is 18.0 Å². The quantitative estimate of drug-likeness (QED) is 0.280. The molecule has 1 amide bonds. The number of carbonyl (C=O) groups excluding carboxylic acids is 3. The molecule has 1 N–H and O–H groups in total. The molecule has 0 radical (unpaired) electrons. The topological polar surface area (TPSA) is 118 Å². The summed E-state index contributed by atoms with van der Waals surface area (Å²) in [5.41, 5.74) is 8.18. The lowest BCUT2D eigenvalue weighted by molar-refractivity contribution is -0.188. The van der Waals surface area contributed by atoms with Gasteiger partial charge in [-0.25, -0.2) is 4.79 Å². The van der Waals surface area contributed by atoms with Gasteiger partial charge in [0.25, 0.3) is 0 Å². The third-order valence-corrected chi connectivity index (χ3v) is 2.58. The fraction of sp³-hybridized carbons (Fsp3) is 0.667. The predicted molar refractivity (Wildman–Crippen MR) is 69.3 cm³/mol. The van der Waals surface area contributed by atoms with Gasteiger partial charge in [0.15, 0.2) is 6.61 Å². The van der Waals surface area contributed by atoms with Gasteiger partial charge in [-0.3, -0.25) is 9.59 Å². The Balaban J connectivity index is 4.83. The van der Waals surface area contributed by atoms with E-state index >= 15 is 0 Å². The van der Waals surface area contributed by atoms with Crippen molar-refractivity contribution >= 4 is 23.9 Å². The SMILES string of the molecule is CO[C@@H](C)C(=O)N[C@@H](CCC(=O)C=[N+]=[N-])C(=O)OCC(F)(F)F. The molecule has 0 aromatic carbocycles. The van der Waals surface area contributed by atoms with Crippen LogP contribution in [0.5, 0.6) is 0 Å². The number of halogens is 3. The summed E-state index contributed by atoms with van der Waals surface area (Å²) in [6.45, 7) is -0.457. The fourth-order valence-corrected chi connectivity index (χ4v) is 1.31. The lowest BCUT2D eigenvalue weighted by atomic mass is 10.1. The number of nitrogens with one attached hydrogen (secondary N) is 1. The Morgan fingerprint density at radius 1 is 1.35 bits per heavy atom. The number of alkyl halides is 3. The molecule has 0 aliphatic carbocycles. The Hall–Kier alpha value is -2.26. The van der Waals surface area contributed by atoms with Crippen LogP contribution in [0.25, 0.3) is 5.53 Å². The lowest BCUT2D eigenvalue weighted by Crippen LogP contribution is -2.46. The average Bonchev–Trinajstić information content (AvgIpc) is 2.47. The molecule has 11 heteroatoms. The standard InChI is InChI=1S/C12H16F3N3O5/c1-7(22-2)10(20)18-9(4-3-8(19)5-17-16)11(21)23-6-12(13,14)15/h5,7,9H,3-4,6H2,1-2H3,(H,18,20)/t7-,9-/m0/s1. The molecular formula is C12H16F3N3O5. The molecule has 0 rings (SSSR count). The molecule has 0 aliphatic rings. The molecular weight excluding hydrogens is 323 g/mol. The van der Waals surface area contributed by atoms with E-state index in [1.165, 1.54) is 14.0 Å². The molecule has 0 heterocycles. The van der Waals surface area contributed by atoms with E-state index in [1.54, 1.807) is 0 Å². The van der Waals surface area contributed by atoms with Crippen molar-refractivity contribution in [2.24, 2.45) is 0 Å². The average molecular weight is 339 g/mol. The molecule has 0 aliphatic heterocycles.